The van der Waals surface area contributed by atoms with Crippen molar-refractivity contribution in [3.05, 3.63) is 29.3 Å². The topological polar surface area (TPSA) is 66.8 Å². The fourth-order valence-electron chi connectivity index (χ4n) is 1.10. The molecule has 0 aliphatic heterocycles. The molecule has 0 bridgehead atoms. The second kappa shape index (κ2) is 4.50. The van der Waals surface area contributed by atoms with E-state index in [2.05, 4.69) is 4.74 Å². The summed E-state index contributed by atoms with van der Waals surface area (Å²) < 4.78 is 4.52. The van der Waals surface area contributed by atoms with Gasteiger partial charge in [-0.3, -0.25) is 0 Å². The molecule has 4 nitrogen and oxygen atoms in total. The Morgan fingerprint density at radius 1 is 1.33 bits per heavy atom. The van der Waals surface area contributed by atoms with E-state index in [0.29, 0.717) is 11.1 Å². The van der Waals surface area contributed by atoms with Gasteiger partial charge in [0.05, 0.1) is 7.11 Å². The molecule has 2 N–H and O–H groups in total. The smallest absolute Gasteiger partial charge is 0.333 e. The van der Waals surface area contributed by atoms with Crippen molar-refractivity contribution in [2.75, 3.05) is 7.11 Å². The van der Waals surface area contributed by atoms with Crippen LogP contribution in [0, 0.1) is 0 Å². The quantitative estimate of drug-likeness (QED) is 0.441. The average Bonchev–Trinajstić information content (AvgIpc) is 2.22. The van der Waals surface area contributed by atoms with Gasteiger partial charge in [-0.1, -0.05) is 6.07 Å². The summed E-state index contributed by atoms with van der Waals surface area (Å²) in [5.74, 6) is -0.841. The molecule has 0 aromatic heterocycles. The number of hydrogen-bond donors (Lipinski definition) is 2. The van der Waals surface area contributed by atoms with Crippen molar-refractivity contribution in [1.29, 1.82) is 0 Å². The molecular weight excluding hydrogens is 196 g/mol. The molecule has 0 fully saturated rings. The highest BCUT2D eigenvalue weighted by Gasteiger charge is 2.04. The Morgan fingerprint density at radius 2 is 2.00 bits per heavy atom. The number of carbonyl (C=O) groups is 1. The summed E-state index contributed by atoms with van der Waals surface area (Å²) in [5.41, 5.74) is 1.04. The Bertz CT molecular complexity index is 407. The van der Waals surface area contributed by atoms with Crippen molar-refractivity contribution < 1.29 is 19.7 Å². The molecule has 0 spiro atoms. The maximum absolute atomic E-state index is 11.1. The SMILES string of the molecule is COC(=O)C(C)=Cc1ccc(O)c(O)c1. The summed E-state index contributed by atoms with van der Waals surface area (Å²) in [5, 5.41) is 18.3. The van der Waals surface area contributed by atoms with Crippen LogP contribution in [-0.2, 0) is 9.53 Å². The van der Waals surface area contributed by atoms with Gasteiger partial charge in [0.25, 0.3) is 0 Å². The predicted octanol–water partition coefficient (Wildman–Crippen LogP) is 1.67. The molecule has 1 aromatic rings. The third-order valence-electron chi connectivity index (χ3n) is 1.89. The van der Waals surface area contributed by atoms with Gasteiger partial charge in [0, 0.05) is 5.57 Å². The average molecular weight is 208 g/mol. The highest BCUT2D eigenvalue weighted by Crippen LogP contribution is 2.25. The van der Waals surface area contributed by atoms with E-state index >= 15 is 0 Å². The number of carbonyl (C=O) groups excluding carboxylic acids is 1. The van der Waals surface area contributed by atoms with Crippen LogP contribution in [-0.4, -0.2) is 23.3 Å². The number of phenols is 2. The van der Waals surface area contributed by atoms with Crippen LogP contribution in [0.1, 0.15) is 12.5 Å². The van der Waals surface area contributed by atoms with Crippen molar-refractivity contribution in [3.63, 3.8) is 0 Å². The second-order valence-electron chi connectivity index (χ2n) is 3.07. The van der Waals surface area contributed by atoms with Crippen molar-refractivity contribution >= 4 is 12.0 Å². The molecule has 15 heavy (non-hydrogen) atoms. The molecule has 0 saturated heterocycles. The number of phenolic OH excluding ortho intramolecular Hbond substituents is 2. The van der Waals surface area contributed by atoms with Crippen LogP contribution in [0.3, 0.4) is 0 Å². The molecule has 0 radical (unpaired) electrons. The minimum Gasteiger partial charge on any atom is -0.504 e. The van der Waals surface area contributed by atoms with Gasteiger partial charge in [-0.25, -0.2) is 4.79 Å². The molecule has 0 heterocycles. The maximum Gasteiger partial charge on any atom is 0.333 e. The molecule has 0 amide bonds. The largest absolute Gasteiger partial charge is 0.504 e. The van der Waals surface area contributed by atoms with Crippen LogP contribution in [0.15, 0.2) is 23.8 Å². The molecule has 0 atom stereocenters. The molecule has 1 aromatic carbocycles. The van der Waals surface area contributed by atoms with Crippen molar-refractivity contribution in [3.8, 4) is 11.5 Å². The van der Waals surface area contributed by atoms with E-state index in [1.54, 1.807) is 19.1 Å². The Kier molecular flexibility index (Phi) is 3.33. The number of methoxy groups -OCH3 is 1. The van der Waals surface area contributed by atoms with E-state index in [1.165, 1.54) is 19.2 Å². The highest BCUT2D eigenvalue weighted by atomic mass is 16.5. The van der Waals surface area contributed by atoms with E-state index < -0.39 is 5.97 Å². The van der Waals surface area contributed by atoms with Crippen LogP contribution >= 0.6 is 0 Å². The van der Waals surface area contributed by atoms with Gasteiger partial charge in [-0.2, -0.15) is 0 Å². The van der Waals surface area contributed by atoms with E-state index in [0.717, 1.165) is 0 Å². The first-order chi connectivity index (χ1) is 7.04. The molecule has 0 saturated carbocycles. The summed E-state index contributed by atoms with van der Waals surface area (Å²) in [6.07, 6.45) is 1.56. The molecule has 80 valence electrons. The Labute approximate surface area is 87.4 Å². The molecule has 0 aliphatic rings. The third-order valence-corrected chi connectivity index (χ3v) is 1.89. The van der Waals surface area contributed by atoms with Gasteiger partial charge in [-0.05, 0) is 30.7 Å². The lowest BCUT2D eigenvalue weighted by Gasteiger charge is -2.01. The lowest BCUT2D eigenvalue weighted by Crippen LogP contribution is -2.00. The third kappa shape index (κ3) is 2.74. The number of esters is 1. The monoisotopic (exact) mass is 208 g/mol. The van der Waals surface area contributed by atoms with Crippen LogP contribution in [0.25, 0.3) is 6.08 Å². The van der Waals surface area contributed by atoms with Gasteiger partial charge in [0.15, 0.2) is 11.5 Å². The zero-order valence-corrected chi connectivity index (χ0v) is 8.52. The van der Waals surface area contributed by atoms with E-state index in [9.17, 15) is 9.90 Å². The van der Waals surface area contributed by atoms with Gasteiger partial charge in [0.1, 0.15) is 0 Å². The first kappa shape index (κ1) is 11.1. The summed E-state index contributed by atoms with van der Waals surface area (Å²) >= 11 is 0. The van der Waals surface area contributed by atoms with Gasteiger partial charge < -0.3 is 14.9 Å². The molecular formula is C11H12O4. The van der Waals surface area contributed by atoms with Crippen molar-refractivity contribution in [2.45, 2.75) is 6.92 Å². The number of aromatic hydroxyl groups is 2. The fourth-order valence-corrected chi connectivity index (χ4v) is 1.10. The zero-order chi connectivity index (χ0) is 11.4. The lowest BCUT2D eigenvalue weighted by atomic mass is 10.1. The highest BCUT2D eigenvalue weighted by molar-refractivity contribution is 5.92. The predicted molar refractivity (Wildman–Crippen MR) is 55.4 cm³/mol. The van der Waals surface area contributed by atoms with E-state index in [-0.39, 0.29) is 11.5 Å². The molecule has 4 heteroatoms. The van der Waals surface area contributed by atoms with Gasteiger partial charge >= 0.3 is 5.97 Å². The number of rotatable bonds is 2. The minimum atomic E-state index is -0.428. The first-order valence-electron chi connectivity index (χ1n) is 4.33. The van der Waals surface area contributed by atoms with Gasteiger partial charge in [0.2, 0.25) is 0 Å². The van der Waals surface area contributed by atoms with E-state index in [4.69, 9.17) is 5.11 Å². The number of ether oxygens (including phenoxy) is 1. The minimum absolute atomic E-state index is 0.192. The zero-order valence-electron chi connectivity index (χ0n) is 8.52. The molecule has 1 rings (SSSR count). The Balaban J connectivity index is 2.98. The van der Waals surface area contributed by atoms with Crippen molar-refractivity contribution in [2.24, 2.45) is 0 Å². The Hall–Kier alpha value is -1.97. The maximum atomic E-state index is 11.1. The van der Waals surface area contributed by atoms with Gasteiger partial charge in [-0.15, -0.1) is 0 Å². The second-order valence-corrected chi connectivity index (χ2v) is 3.07. The lowest BCUT2D eigenvalue weighted by molar-refractivity contribution is -0.135. The van der Waals surface area contributed by atoms with Crippen molar-refractivity contribution in [1.82, 2.24) is 0 Å². The summed E-state index contributed by atoms with van der Waals surface area (Å²) in [6.45, 7) is 1.61. The fraction of sp³-hybridized carbons (Fsp3) is 0.182. The summed E-state index contributed by atoms with van der Waals surface area (Å²) in [6, 6.07) is 4.30. The van der Waals surface area contributed by atoms with Crippen LogP contribution < -0.4 is 0 Å². The normalized spacial score (nSPS) is 11.2. The molecule has 0 unspecified atom stereocenters. The first-order valence-corrected chi connectivity index (χ1v) is 4.33. The number of hydrogen-bond acceptors (Lipinski definition) is 4. The van der Waals surface area contributed by atoms with Crippen LogP contribution in [0.4, 0.5) is 0 Å². The molecule has 0 aliphatic carbocycles. The summed E-state index contributed by atoms with van der Waals surface area (Å²) in [7, 11) is 1.30. The standard InChI is InChI=1S/C11H12O4/c1-7(11(14)15-2)5-8-3-4-9(12)10(13)6-8/h3-6,12-13H,1-2H3. The number of benzene rings is 1. The Morgan fingerprint density at radius 3 is 2.53 bits per heavy atom. The van der Waals surface area contributed by atoms with E-state index in [1.807, 2.05) is 0 Å². The summed E-state index contributed by atoms with van der Waals surface area (Å²) in [4.78, 5) is 11.1. The van der Waals surface area contributed by atoms with Crippen LogP contribution in [0.5, 0.6) is 11.5 Å². The van der Waals surface area contributed by atoms with Crippen LogP contribution in [0.2, 0.25) is 0 Å².